The standard InChI is InChI=1S/C16H25N3O/c1-12-5-2-3-7-14(12)11-18-16(20)19-15-8-4-6-13(9-15)10-17/h4,6,8-9,12,14H,2-3,5,7,10-11,17H2,1H3,(H2,18,19,20). The van der Waals surface area contributed by atoms with Crippen LogP contribution in [-0.4, -0.2) is 12.6 Å². The van der Waals surface area contributed by atoms with E-state index in [0.717, 1.165) is 17.8 Å². The first kappa shape index (κ1) is 14.9. The summed E-state index contributed by atoms with van der Waals surface area (Å²) in [7, 11) is 0. The van der Waals surface area contributed by atoms with E-state index in [1.54, 1.807) is 0 Å². The Morgan fingerprint density at radius 2 is 2.15 bits per heavy atom. The lowest BCUT2D eigenvalue weighted by molar-refractivity contribution is 0.231. The third kappa shape index (κ3) is 4.23. The number of nitrogens with two attached hydrogens (primary N) is 1. The molecule has 0 saturated heterocycles. The van der Waals surface area contributed by atoms with Gasteiger partial charge in [-0.25, -0.2) is 4.79 Å². The number of carbonyl (C=O) groups is 1. The van der Waals surface area contributed by atoms with Crippen LogP contribution in [0.5, 0.6) is 0 Å². The number of nitrogens with one attached hydrogen (secondary N) is 2. The largest absolute Gasteiger partial charge is 0.338 e. The zero-order chi connectivity index (χ0) is 14.4. The Morgan fingerprint density at radius 3 is 2.90 bits per heavy atom. The second-order valence-corrected chi connectivity index (χ2v) is 5.76. The third-order valence-electron chi connectivity index (χ3n) is 4.23. The van der Waals surface area contributed by atoms with E-state index in [2.05, 4.69) is 17.6 Å². The highest BCUT2D eigenvalue weighted by molar-refractivity contribution is 5.89. The number of benzene rings is 1. The first-order valence-corrected chi connectivity index (χ1v) is 7.53. The van der Waals surface area contributed by atoms with Crippen molar-refractivity contribution in [1.29, 1.82) is 0 Å². The van der Waals surface area contributed by atoms with E-state index in [1.165, 1.54) is 25.7 Å². The molecule has 0 aliphatic heterocycles. The molecule has 110 valence electrons. The van der Waals surface area contributed by atoms with Crippen molar-refractivity contribution >= 4 is 11.7 Å². The lowest BCUT2D eigenvalue weighted by atomic mass is 9.80. The van der Waals surface area contributed by atoms with E-state index in [1.807, 2.05) is 24.3 Å². The van der Waals surface area contributed by atoms with Crippen molar-refractivity contribution in [1.82, 2.24) is 5.32 Å². The number of rotatable bonds is 4. The Labute approximate surface area is 121 Å². The van der Waals surface area contributed by atoms with E-state index in [9.17, 15) is 4.79 Å². The van der Waals surface area contributed by atoms with Crippen LogP contribution in [0.25, 0.3) is 0 Å². The van der Waals surface area contributed by atoms with Crippen LogP contribution in [0.2, 0.25) is 0 Å². The highest BCUT2D eigenvalue weighted by Crippen LogP contribution is 2.28. The molecule has 0 heterocycles. The van der Waals surface area contributed by atoms with Gasteiger partial charge in [-0.1, -0.05) is 38.3 Å². The lowest BCUT2D eigenvalue weighted by Crippen LogP contribution is -2.36. The van der Waals surface area contributed by atoms with E-state index < -0.39 is 0 Å². The quantitative estimate of drug-likeness (QED) is 0.790. The number of carbonyl (C=O) groups excluding carboxylic acids is 1. The van der Waals surface area contributed by atoms with Crippen LogP contribution in [-0.2, 0) is 6.54 Å². The first-order valence-electron chi connectivity index (χ1n) is 7.53. The van der Waals surface area contributed by atoms with Gasteiger partial charge in [-0.15, -0.1) is 0 Å². The van der Waals surface area contributed by atoms with Gasteiger partial charge in [0.15, 0.2) is 0 Å². The van der Waals surface area contributed by atoms with Crippen LogP contribution < -0.4 is 16.4 Å². The monoisotopic (exact) mass is 275 g/mol. The molecule has 2 atom stereocenters. The summed E-state index contributed by atoms with van der Waals surface area (Å²) in [5.74, 6) is 1.33. The summed E-state index contributed by atoms with van der Waals surface area (Å²) in [5, 5.41) is 5.85. The molecule has 1 fully saturated rings. The van der Waals surface area contributed by atoms with Crippen molar-refractivity contribution in [2.75, 3.05) is 11.9 Å². The minimum Gasteiger partial charge on any atom is -0.338 e. The van der Waals surface area contributed by atoms with Crippen LogP contribution in [0.3, 0.4) is 0 Å². The third-order valence-corrected chi connectivity index (χ3v) is 4.23. The number of urea groups is 1. The Kier molecular flexibility index (Phi) is 5.41. The van der Waals surface area contributed by atoms with Crippen molar-refractivity contribution in [2.24, 2.45) is 17.6 Å². The number of hydrogen-bond acceptors (Lipinski definition) is 2. The van der Waals surface area contributed by atoms with Crippen molar-refractivity contribution < 1.29 is 4.79 Å². The molecule has 20 heavy (non-hydrogen) atoms. The summed E-state index contributed by atoms with van der Waals surface area (Å²) in [6.45, 7) is 3.54. The average Bonchev–Trinajstić information content (AvgIpc) is 2.46. The van der Waals surface area contributed by atoms with Gasteiger partial charge in [-0.3, -0.25) is 0 Å². The normalized spacial score (nSPS) is 22.3. The summed E-state index contributed by atoms with van der Waals surface area (Å²) in [4.78, 5) is 11.9. The van der Waals surface area contributed by atoms with Crippen LogP contribution >= 0.6 is 0 Å². The van der Waals surface area contributed by atoms with Crippen molar-refractivity contribution in [3.05, 3.63) is 29.8 Å². The molecule has 2 unspecified atom stereocenters. The fourth-order valence-electron chi connectivity index (χ4n) is 2.87. The Balaban J connectivity index is 1.79. The molecule has 1 aliphatic rings. The minimum atomic E-state index is -0.128. The maximum Gasteiger partial charge on any atom is 0.319 e. The molecule has 1 aromatic carbocycles. The number of amides is 2. The van der Waals surface area contributed by atoms with Gasteiger partial charge < -0.3 is 16.4 Å². The summed E-state index contributed by atoms with van der Waals surface area (Å²) < 4.78 is 0. The van der Waals surface area contributed by atoms with Crippen LogP contribution in [0.4, 0.5) is 10.5 Å². The van der Waals surface area contributed by atoms with Gasteiger partial charge in [0.05, 0.1) is 0 Å². The predicted octanol–water partition coefficient (Wildman–Crippen LogP) is 3.09. The zero-order valence-electron chi connectivity index (χ0n) is 12.2. The SMILES string of the molecule is CC1CCCCC1CNC(=O)Nc1cccc(CN)c1. The van der Waals surface area contributed by atoms with E-state index in [0.29, 0.717) is 18.4 Å². The molecule has 0 aromatic heterocycles. The highest BCUT2D eigenvalue weighted by Gasteiger charge is 2.21. The molecule has 1 saturated carbocycles. The van der Waals surface area contributed by atoms with Gasteiger partial charge in [0.25, 0.3) is 0 Å². The number of anilines is 1. The van der Waals surface area contributed by atoms with Crippen molar-refractivity contribution in [2.45, 2.75) is 39.2 Å². The molecule has 0 bridgehead atoms. The predicted molar refractivity (Wildman–Crippen MR) is 82.5 cm³/mol. The fourth-order valence-corrected chi connectivity index (χ4v) is 2.87. The van der Waals surface area contributed by atoms with Gasteiger partial charge in [-0.2, -0.15) is 0 Å². The topological polar surface area (TPSA) is 67.2 Å². The van der Waals surface area contributed by atoms with Crippen LogP contribution in [0.1, 0.15) is 38.2 Å². The summed E-state index contributed by atoms with van der Waals surface area (Å²) in [6.07, 6.45) is 5.13. The lowest BCUT2D eigenvalue weighted by Gasteiger charge is -2.28. The van der Waals surface area contributed by atoms with Crippen LogP contribution in [0.15, 0.2) is 24.3 Å². The van der Waals surface area contributed by atoms with Crippen molar-refractivity contribution in [3.8, 4) is 0 Å². The molecule has 4 heteroatoms. The number of hydrogen-bond donors (Lipinski definition) is 3. The molecule has 0 radical (unpaired) electrons. The maximum atomic E-state index is 11.9. The molecule has 2 rings (SSSR count). The van der Waals surface area contributed by atoms with Gasteiger partial charge in [-0.05, 0) is 36.0 Å². The molecular formula is C16H25N3O. The summed E-state index contributed by atoms with van der Waals surface area (Å²) >= 11 is 0. The Morgan fingerprint density at radius 1 is 1.35 bits per heavy atom. The first-order chi connectivity index (χ1) is 9.69. The molecule has 4 N–H and O–H groups in total. The van der Waals surface area contributed by atoms with E-state index in [4.69, 9.17) is 5.73 Å². The highest BCUT2D eigenvalue weighted by atomic mass is 16.2. The van der Waals surface area contributed by atoms with Gasteiger partial charge >= 0.3 is 6.03 Å². The van der Waals surface area contributed by atoms with Crippen molar-refractivity contribution in [3.63, 3.8) is 0 Å². The summed E-state index contributed by atoms with van der Waals surface area (Å²) in [5.41, 5.74) is 7.40. The van der Waals surface area contributed by atoms with Gasteiger partial charge in [0, 0.05) is 18.8 Å². The molecule has 0 spiro atoms. The Hall–Kier alpha value is -1.55. The van der Waals surface area contributed by atoms with Gasteiger partial charge in [0.2, 0.25) is 0 Å². The van der Waals surface area contributed by atoms with E-state index in [-0.39, 0.29) is 6.03 Å². The zero-order valence-corrected chi connectivity index (χ0v) is 12.2. The second-order valence-electron chi connectivity index (χ2n) is 5.76. The smallest absolute Gasteiger partial charge is 0.319 e. The average molecular weight is 275 g/mol. The van der Waals surface area contributed by atoms with Crippen LogP contribution in [0, 0.1) is 11.8 Å². The fraction of sp³-hybridized carbons (Fsp3) is 0.562. The summed E-state index contributed by atoms with van der Waals surface area (Å²) in [6, 6.07) is 7.51. The van der Waals surface area contributed by atoms with E-state index >= 15 is 0 Å². The molecule has 4 nitrogen and oxygen atoms in total. The Bertz CT molecular complexity index is 447. The minimum absolute atomic E-state index is 0.128. The van der Waals surface area contributed by atoms with Gasteiger partial charge in [0.1, 0.15) is 0 Å². The molecule has 1 aromatic rings. The molecule has 2 amide bonds. The second kappa shape index (κ2) is 7.29. The maximum absolute atomic E-state index is 11.9. The molecular weight excluding hydrogens is 250 g/mol. The molecule has 1 aliphatic carbocycles.